The van der Waals surface area contributed by atoms with Gasteiger partial charge in [0.2, 0.25) is 0 Å². The smallest absolute Gasteiger partial charge is 0.297 e. The first-order valence-corrected chi connectivity index (χ1v) is 9.43. The monoisotopic (exact) mass is 382 g/mol. The number of hydrogen-bond acceptors (Lipinski definition) is 5. The number of fused-ring (bicyclic) bond motifs is 3. The van der Waals surface area contributed by atoms with Crippen LogP contribution in [0.1, 0.15) is 11.1 Å². The largest absolute Gasteiger partial charge is 0.488 e. The molecule has 142 valence electrons. The van der Waals surface area contributed by atoms with Crippen molar-refractivity contribution >= 4 is 11.0 Å². The van der Waals surface area contributed by atoms with E-state index in [0.29, 0.717) is 30.5 Å². The van der Waals surface area contributed by atoms with Crippen molar-refractivity contribution in [2.45, 2.75) is 19.6 Å². The minimum atomic E-state index is -0.117. The Morgan fingerprint density at radius 3 is 2.90 bits per heavy atom. The molecule has 5 rings (SSSR count). The lowest BCUT2D eigenvalue weighted by molar-refractivity contribution is 0.143. The Balaban J connectivity index is 1.25. The first-order valence-electron chi connectivity index (χ1n) is 9.43. The van der Waals surface area contributed by atoms with Gasteiger partial charge >= 0.3 is 0 Å². The lowest BCUT2D eigenvalue weighted by Crippen LogP contribution is -2.23. The summed E-state index contributed by atoms with van der Waals surface area (Å²) in [5.41, 5.74) is 5.57. The summed E-state index contributed by atoms with van der Waals surface area (Å²) in [6.07, 6.45) is 1.63. The third-order valence-corrected chi connectivity index (χ3v) is 5.09. The van der Waals surface area contributed by atoms with Gasteiger partial charge in [-0.25, -0.2) is 0 Å². The molecule has 0 fully saturated rings. The van der Waals surface area contributed by atoms with E-state index in [-0.39, 0.29) is 6.10 Å². The predicted molar refractivity (Wildman–Crippen MR) is 109 cm³/mol. The highest BCUT2D eigenvalue weighted by Gasteiger charge is 2.27. The molecule has 0 spiro atoms. The van der Waals surface area contributed by atoms with Crippen LogP contribution in [-0.4, -0.2) is 27.2 Å². The molecule has 2 aromatic heterocycles. The van der Waals surface area contributed by atoms with Crippen LogP contribution < -0.4 is 9.47 Å². The summed E-state index contributed by atoms with van der Waals surface area (Å²) in [5, 5.41) is 9.02. The van der Waals surface area contributed by atoms with E-state index in [4.69, 9.17) is 14.7 Å². The van der Waals surface area contributed by atoms with Gasteiger partial charge in [0.05, 0.1) is 41.1 Å². The van der Waals surface area contributed by atoms with Gasteiger partial charge in [0.15, 0.2) is 6.10 Å². The normalized spacial score (nSPS) is 15.0. The van der Waals surface area contributed by atoms with Gasteiger partial charge in [0, 0.05) is 5.56 Å². The maximum Gasteiger partial charge on any atom is 0.297 e. The van der Waals surface area contributed by atoms with Crippen LogP contribution in [0, 0.1) is 18.3 Å². The minimum Gasteiger partial charge on any atom is -0.488 e. The van der Waals surface area contributed by atoms with E-state index in [1.54, 1.807) is 18.3 Å². The quantitative estimate of drug-likeness (QED) is 0.531. The molecule has 0 amide bonds. The average molecular weight is 382 g/mol. The van der Waals surface area contributed by atoms with Gasteiger partial charge in [-0.15, -0.1) is 0 Å². The van der Waals surface area contributed by atoms with Gasteiger partial charge in [-0.3, -0.25) is 9.55 Å². The Morgan fingerprint density at radius 1 is 1.21 bits per heavy atom. The number of rotatable bonds is 4. The number of benzene rings is 2. The zero-order chi connectivity index (χ0) is 19.8. The highest BCUT2D eigenvalue weighted by molar-refractivity contribution is 5.78. The fourth-order valence-electron chi connectivity index (χ4n) is 3.59. The van der Waals surface area contributed by atoms with Gasteiger partial charge in [0.1, 0.15) is 12.4 Å². The SMILES string of the molecule is Cc1ccccc1-c1ccc(OC[C@@H]2Cn3c(nc4cc(C#N)ccc43)O2)cn1. The number of pyridine rings is 1. The lowest BCUT2D eigenvalue weighted by Gasteiger charge is -2.12. The summed E-state index contributed by atoms with van der Waals surface area (Å²) in [7, 11) is 0. The molecule has 6 nitrogen and oxygen atoms in total. The van der Waals surface area contributed by atoms with E-state index in [1.807, 2.05) is 34.9 Å². The Hall–Kier alpha value is -3.85. The first kappa shape index (κ1) is 17.3. The molecule has 0 aliphatic carbocycles. The minimum absolute atomic E-state index is 0.117. The molecular weight excluding hydrogens is 364 g/mol. The van der Waals surface area contributed by atoms with Crippen LogP contribution in [0.15, 0.2) is 60.8 Å². The molecule has 29 heavy (non-hydrogen) atoms. The molecule has 0 saturated heterocycles. The highest BCUT2D eigenvalue weighted by Crippen LogP contribution is 2.29. The van der Waals surface area contributed by atoms with E-state index < -0.39 is 0 Å². The van der Waals surface area contributed by atoms with Gasteiger partial charge in [-0.05, 0) is 42.8 Å². The Kier molecular flexibility index (Phi) is 4.14. The van der Waals surface area contributed by atoms with E-state index in [9.17, 15) is 0 Å². The highest BCUT2D eigenvalue weighted by atomic mass is 16.6. The fourth-order valence-corrected chi connectivity index (χ4v) is 3.59. The molecule has 3 heterocycles. The number of aromatic nitrogens is 3. The second-order valence-electron chi connectivity index (χ2n) is 7.07. The zero-order valence-electron chi connectivity index (χ0n) is 15.9. The molecule has 0 unspecified atom stereocenters. The van der Waals surface area contributed by atoms with E-state index in [2.05, 4.69) is 35.1 Å². The molecule has 4 aromatic rings. The number of aryl methyl sites for hydroxylation is 1. The van der Waals surface area contributed by atoms with Crippen LogP contribution in [0.5, 0.6) is 11.8 Å². The van der Waals surface area contributed by atoms with Crippen molar-refractivity contribution in [1.29, 1.82) is 5.26 Å². The maximum absolute atomic E-state index is 9.02. The molecule has 0 N–H and O–H groups in total. The second-order valence-corrected chi connectivity index (χ2v) is 7.07. The van der Waals surface area contributed by atoms with E-state index in [0.717, 1.165) is 22.3 Å². The lowest BCUT2D eigenvalue weighted by atomic mass is 10.1. The number of imidazole rings is 1. The third-order valence-electron chi connectivity index (χ3n) is 5.09. The number of nitrogens with zero attached hydrogens (tertiary/aromatic N) is 4. The Morgan fingerprint density at radius 2 is 2.10 bits per heavy atom. The topological polar surface area (TPSA) is 73.0 Å². The van der Waals surface area contributed by atoms with Crippen LogP contribution >= 0.6 is 0 Å². The van der Waals surface area contributed by atoms with Crippen molar-refractivity contribution in [2.24, 2.45) is 0 Å². The first-order chi connectivity index (χ1) is 14.2. The average Bonchev–Trinajstić information content (AvgIpc) is 3.30. The van der Waals surface area contributed by atoms with Gasteiger partial charge in [0.25, 0.3) is 6.01 Å². The number of nitriles is 1. The molecule has 0 bridgehead atoms. The van der Waals surface area contributed by atoms with Crippen molar-refractivity contribution in [3.63, 3.8) is 0 Å². The number of ether oxygens (including phenoxy) is 2. The van der Waals surface area contributed by atoms with Crippen LogP contribution in [0.4, 0.5) is 0 Å². The molecule has 0 saturated carbocycles. The van der Waals surface area contributed by atoms with Crippen molar-refractivity contribution in [1.82, 2.24) is 14.5 Å². The van der Waals surface area contributed by atoms with Crippen LogP contribution in [-0.2, 0) is 6.54 Å². The summed E-state index contributed by atoms with van der Waals surface area (Å²) in [6, 6.07) is 20.3. The van der Waals surface area contributed by atoms with Gasteiger partial charge in [-0.2, -0.15) is 10.2 Å². The second kappa shape index (κ2) is 6.95. The molecule has 0 radical (unpaired) electrons. The molecule has 1 aliphatic rings. The molecule has 1 aliphatic heterocycles. The van der Waals surface area contributed by atoms with E-state index >= 15 is 0 Å². The van der Waals surface area contributed by atoms with Crippen molar-refractivity contribution in [3.8, 4) is 29.1 Å². The Labute approximate surface area is 168 Å². The summed E-state index contributed by atoms with van der Waals surface area (Å²) in [6.45, 7) is 3.14. The van der Waals surface area contributed by atoms with Crippen molar-refractivity contribution < 1.29 is 9.47 Å². The summed E-state index contributed by atoms with van der Waals surface area (Å²) in [5.74, 6) is 0.707. The summed E-state index contributed by atoms with van der Waals surface area (Å²) >= 11 is 0. The van der Waals surface area contributed by atoms with Gasteiger partial charge in [-0.1, -0.05) is 24.3 Å². The standard InChI is InChI=1S/C23H18N4O2/c1-15-4-2-3-5-19(15)20-8-7-17(12-25-20)28-14-18-13-27-22-9-6-16(11-24)10-21(22)26-23(27)29-18/h2-10,12,18H,13-14H2,1H3/t18-/m0/s1. The molecule has 2 aromatic carbocycles. The van der Waals surface area contributed by atoms with Crippen LogP contribution in [0.25, 0.3) is 22.3 Å². The molecular formula is C23H18N4O2. The zero-order valence-corrected chi connectivity index (χ0v) is 15.9. The van der Waals surface area contributed by atoms with E-state index in [1.165, 1.54) is 5.56 Å². The molecule has 1 atom stereocenters. The van der Waals surface area contributed by atoms with Crippen LogP contribution in [0.3, 0.4) is 0 Å². The summed E-state index contributed by atoms with van der Waals surface area (Å²) < 4.78 is 13.8. The Bertz CT molecular complexity index is 1240. The third kappa shape index (κ3) is 3.17. The van der Waals surface area contributed by atoms with Crippen LogP contribution in [0.2, 0.25) is 0 Å². The summed E-state index contributed by atoms with van der Waals surface area (Å²) in [4.78, 5) is 9.01. The van der Waals surface area contributed by atoms with Crippen molar-refractivity contribution in [3.05, 3.63) is 71.9 Å². The molecule has 6 heteroatoms. The van der Waals surface area contributed by atoms with Gasteiger partial charge < -0.3 is 9.47 Å². The fraction of sp³-hybridized carbons (Fsp3) is 0.174. The predicted octanol–water partition coefficient (Wildman–Crippen LogP) is 4.12. The maximum atomic E-state index is 9.02. The number of hydrogen-bond donors (Lipinski definition) is 0. The van der Waals surface area contributed by atoms with Crippen molar-refractivity contribution in [2.75, 3.05) is 6.61 Å².